The fraction of sp³-hybridized carbons (Fsp3) is 0.385. The molecule has 0 unspecified atom stereocenters. The number of nitrogens with zero attached hydrogens (tertiary/aromatic N) is 3. The number of aromatic nitrogens is 3. The van der Waals surface area contributed by atoms with Crippen molar-refractivity contribution in [3.05, 3.63) is 28.7 Å². The molecular weight excluding hydrogens is 326 g/mol. The molecule has 2 aromatic heterocycles. The largest absolute Gasteiger partial charge is 0.465 e. The van der Waals surface area contributed by atoms with E-state index < -0.39 is 5.41 Å². The molecule has 0 saturated heterocycles. The molecule has 2 heterocycles. The van der Waals surface area contributed by atoms with E-state index in [1.807, 2.05) is 6.07 Å². The second kappa shape index (κ2) is 4.97. The highest BCUT2D eigenvalue weighted by Crippen LogP contribution is 2.48. The van der Waals surface area contributed by atoms with Crippen molar-refractivity contribution >= 4 is 21.9 Å². The van der Waals surface area contributed by atoms with Crippen molar-refractivity contribution in [2.75, 3.05) is 6.61 Å². The van der Waals surface area contributed by atoms with Crippen LogP contribution in [0.3, 0.4) is 0 Å². The Morgan fingerprint density at radius 1 is 1.55 bits per heavy atom. The number of esters is 1. The molecule has 0 atom stereocenters. The van der Waals surface area contributed by atoms with Crippen LogP contribution in [0, 0.1) is 0 Å². The summed E-state index contributed by atoms with van der Waals surface area (Å²) >= 11 is 3.39. The predicted octanol–water partition coefficient (Wildman–Crippen LogP) is 2.49. The van der Waals surface area contributed by atoms with Crippen LogP contribution in [0.25, 0.3) is 11.5 Å². The van der Waals surface area contributed by atoms with Gasteiger partial charge in [0, 0.05) is 10.7 Å². The number of pyridine rings is 1. The number of rotatable bonds is 4. The Morgan fingerprint density at radius 2 is 2.35 bits per heavy atom. The first-order valence-corrected chi connectivity index (χ1v) is 7.09. The van der Waals surface area contributed by atoms with E-state index in [2.05, 4.69) is 31.1 Å². The van der Waals surface area contributed by atoms with Gasteiger partial charge in [-0.05, 0) is 47.8 Å². The highest BCUT2D eigenvalue weighted by molar-refractivity contribution is 9.10. The van der Waals surface area contributed by atoms with Crippen LogP contribution >= 0.6 is 15.9 Å². The first kappa shape index (κ1) is 13.2. The Labute approximate surface area is 123 Å². The van der Waals surface area contributed by atoms with E-state index in [9.17, 15) is 4.79 Å². The van der Waals surface area contributed by atoms with Crippen molar-refractivity contribution in [3.63, 3.8) is 0 Å². The van der Waals surface area contributed by atoms with Gasteiger partial charge in [-0.3, -0.25) is 9.78 Å². The molecule has 1 fully saturated rings. The fourth-order valence-electron chi connectivity index (χ4n) is 1.96. The minimum Gasteiger partial charge on any atom is -0.465 e. The second-order valence-corrected chi connectivity index (χ2v) is 5.41. The topological polar surface area (TPSA) is 78.1 Å². The molecule has 6 nitrogen and oxygen atoms in total. The average molecular weight is 338 g/mol. The second-order valence-electron chi connectivity index (χ2n) is 4.56. The van der Waals surface area contributed by atoms with Gasteiger partial charge in [0.2, 0.25) is 11.7 Å². The highest BCUT2D eigenvalue weighted by Gasteiger charge is 2.57. The number of halogens is 1. The summed E-state index contributed by atoms with van der Waals surface area (Å²) in [7, 11) is 0. The summed E-state index contributed by atoms with van der Waals surface area (Å²) in [6, 6.07) is 3.65. The van der Waals surface area contributed by atoms with Gasteiger partial charge in [-0.25, -0.2) is 0 Å². The summed E-state index contributed by atoms with van der Waals surface area (Å²) in [6.45, 7) is 2.12. The molecule has 0 spiro atoms. The zero-order valence-corrected chi connectivity index (χ0v) is 12.4. The third-order valence-corrected chi connectivity index (χ3v) is 3.86. The standard InChI is InChI=1S/C13H12BrN3O3/c1-2-19-12(18)13(5-6-13)11-16-10(17-20-11)9-8(14)4-3-7-15-9/h3-4,7H,2,5-6H2,1H3. The Balaban J connectivity index is 1.92. The highest BCUT2D eigenvalue weighted by atomic mass is 79.9. The van der Waals surface area contributed by atoms with E-state index in [1.54, 1.807) is 19.2 Å². The molecule has 104 valence electrons. The number of ether oxygens (including phenoxy) is 1. The summed E-state index contributed by atoms with van der Waals surface area (Å²) in [6.07, 6.45) is 3.00. The molecule has 0 radical (unpaired) electrons. The van der Waals surface area contributed by atoms with Crippen LogP contribution in [-0.4, -0.2) is 27.7 Å². The molecule has 0 amide bonds. The van der Waals surface area contributed by atoms with E-state index >= 15 is 0 Å². The average Bonchev–Trinajstić information content (AvgIpc) is 3.12. The van der Waals surface area contributed by atoms with Gasteiger partial charge in [0.1, 0.15) is 11.1 Å². The van der Waals surface area contributed by atoms with E-state index in [1.165, 1.54) is 0 Å². The van der Waals surface area contributed by atoms with Crippen LogP contribution in [0.2, 0.25) is 0 Å². The molecule has 0 aliphatic heterocycles. The van der Waals surface area contributed by atoms with Gasteiger partial charge in [0.15, 0.2) is 0 Å². The number of hydrogen-bond acceptors (Lipinski definition) is 6. The molecule has 1 aliphatic rings. The SMILES string of the molecule is CCOC(=O)C1(c2nc(-c3ncccc3Br)no2)CC1. The van der Waals surface area contributed by atoms with Crippen LogP contribution in [0.15, 0.2) is 27.3 Å². The molecule has 20 heavy (non-hydrogen) atoms. The van der Waals surface area contributed by atoms with Gasteiger partial charge in [-0.1, -0.05) is 5.16 Å². The molecular formula is C13H12BrN3O3. The zero-order chi connectivity index (χ0) is 14.2. The Kier molecular flexibility index (Phi) is 3.29. The number of carbonyl (C=O) groups excluding carboxylic acids is 1. The molecule has 3 rings (SSSR count). The lowest BCUT2D eigenvalue weighted by Crippen LogP contribution is -2.23. The predicted molar refractivity (Wildman–Crippen MR) is 72.8 cm³/mol. The van der Waals surface area contributed by atoms with E-state index in [0.29, 0.717) is 36.9 Å². The number of hydrogen-bond donors (Lipinski definition) is 0. The van der Waals surface area contributed by atoms with Crippen molar-refractivity contribution < 1.29 is 14.1 Å². The maximum atomic E-state index is 12.0. The molecule has 0 bridgehead atoms. The van der Waals surface area contributed by atoms with Crippen molar-refractivity contribution in [2.45, 2.75) is 25.2 Å². The zero-order valence-electron chi connectivity index (χ0n) is 10.8. The lowest BCUT2D eigenvalue weighted by molar-refractivity contribution is -0.146. The lowest BCUT2D eigenvalue weighted by Gasteiger charge is -2.07. The number of carbonyl (C=O) groups is 1. The Hall–Kier alpha value is -1.76. The molecule has 2 aromatic rings. The monoisotopic (exact) mass is 337 g/mol. The maximum Gasteiger partial charge on any atom is 0.321 e. The summed E-state index contributed by atoms with van der Waals surface area (Å²) in [5.74, 6) is 0.377. The minimum atomic E-state index is -0.748. The Bertz CT molecular complexity index is 652. The lowest BCUT2D eigenvalue weighted by atomic mass is 10.1. The minimum absolute atomic E-state index is 0.296. The maximum absolute atomic E-state index is 12.0. The van der Waals surface area contributed by atoms with Crippen LogP contribution < -0.4 is 0 Å². The quantitative estimate of drug-likeness (QED) is 0.797. The molecule has 0 N–H and O–H groups in total. The van der Waals surface area contributed by atoms with Crippen molar-refractivity contribution in [3.8, 4) is 11.5 Å². The van der Waals surface area contributed by atoms with Crippen LogP contribution in [0.5, 0.6) is 0 Å². The van der Waals surface area contributed by atoms with Gasteiger partial charge in [-0.15, -0.1) is 0 Å². The van der Waals surface area contributed by atoms with Crippen LogP contribution in [0.1, 0.15) is 25.7 Å². The van der Waals surface area contributed by atoms with E-state index in [0.717, 1.165) is 4.47 Å². The first-order valence-electron chi connectivity index (χ1n) is 6.29. The Morgan fingerprint density at radius 3 is 3.00 bits per heavy atom. The van der Waals surface area contributed by atoms with Crippen molar-refractivity contribution in [1.82, 2.24) is 15.1 Å². The fourth-order valence-corrected chi connectivity index (χ4v) is 2.40. The smallest absolute Gasteiger partial charge is 0.321 e. The summed E-state index contributed by atoms with van der Waals surface area (Å²) in [5, 5.41) is 3.91. The normalized spacial score (nSPS) is 15.9. The third kappa shape index (κ3) is 2.11. The van der Waals surface area contributed by atoms with Crippen molar-refractivity contribution in [2.24, 2.45) is 0 Å². The summed E-state index contributed by atoms with van der Waals surface area (Å²) in [5.41, 5.74) is -0.162. The first-order chi connectivity index (χ1) is 9.67. The van der Waals surface area contributed by atoms with Crippen LogP contribution in [0.4, 0.5) is 0 Å². The third-order valence-electron chi connectivity index (χ3n) is 3.22. The molecule has 1 aliphatic carbocycles. The van der Waals surface area contributed by atoms with Crippen molar-refractivity contribution in [1.29, 1.82) is 0 Å². The van der Waals surface area contributed by atoms with Gasteiger partial charge in [-0.2, -0.15) is 4.98 Å². The van der Waals surface area contributed by atoms with Gasteiger partial charge < -0.3 is 9.26 Å². The van der Waals surface area contributed by atoms with Gasteiger partial charge in [0.25, 0.3) is 0 Å². The van der Waals surface area contributed by atoms with E-state index in [4.69, 9.17) is 9.26 Å². The molecule has 7 heteroatoms. The van der Waals surface area contributed by atoms with Gasteiger partial charge >= 0.3 is 5.97 Å². The molecule has 0 aromatic carbocycles. The summed E-state index contributed by atoms with van der Waals surface area (Å²) in [4.78, 5) is 20.5. The van der Waals surface area contributed by atoms with E-state index in [-0.39, 0.29) is 5.97 Å². The van der Waals surface area contributed by atoms with Crippen LogP contribution in [-0.2, 0) is 14.9 Å². The molecule has 1 saturated carbocycles. The summed E-state index contributed by atoms with van der Waals surface area (Å²) < 4.78 is 11.1. The van der Waals surface area contributed by atoms with Gasteiger partial charge in [0.05, 0.1) is 6.61 Å².